The number of benzene rings is 1. The standard InChI is InChI=1S/C15H15N5OS/c1-11(18-14(21)19-15-16-7-9-22-15)12-4-2-5-13(10-12)20-8-3-6-17-20/h2-11H,1H3,(H2,16,18,19,21)/t11-/m1/s1. The van der Waals surface area contributed by atoms with E-state index in [1.807, 2.05) is 48.8 Å². The number of hydrogen-bond donors (Lipinski definition) is 2. The number of thiazole rings is 1. The van der Waals surface area contributed by atoms with Crippen molar-refractivity contribution < 1.29 is 4.79 Å². The summed E-state index contributed by atoms with van der Waals surface area (Å²) >= 11 is 1.38. The van der Waals surface area contributed by atoms with Crippen molar-refractivity contribution in [3.05, 3.63) is 59.9 Å². The molecule has 0 aliphatic carbocycles. The van der Waals surface area contributed by atoms with E-state index in [0.717, 1.165) is 11.3 Å². The molecule has 2 amide bonds. The SMILES string of the molecule is C[C@@H](NC(=O)Nc1nccs1)c1cccc(-n2cccn2)c1. The molecule has 0 saturated heterocycles. The number of anilines is 1. The zero-order valence-corrected chi connectivity index (χ0v) is 12.7. The van der Waals surface area contributed by atoms with Crippen molar-refractivity contribution in [2.75, 3.05) is 5.32 Å². The van der Waals surface area contributed by atoms with Crippen molar-refractivity contribution in [3.63, 3.8) is 0 Å². The monoisotopic (exact) mass is 313 g/mol. The van der Waals surface area contributed by atoms with Crippen LogP contribution in [0.5, 0.6) is 0 Å². The third-order valence-electron chi connectivity index (χ3n) is 3.14. The number of hydrogen-bond acceptors (Lipinski definition) is 4. The Balaban J connectivity index is 1.68. The molecule has 1 aromatic carbocycles. The number of rotatable bonds is 4. The smallest absolute Gasteiger partial charge is 0.321 e. The summed E-state index contributed by atoms with van der Waals surface area (Å²) < 4.78 is 1.78. The number of amides is 2. The first-order valence-electron chi connectivity index (χ1n) is 6.79. The molecule has 3 aromatic rings. The average Bonchev–Trinajstić information content (AvgIpc) is 3.20. The average molecular weight is 313 g/mol. The van der Waals surface area contributed by atoms with Gasteiger partial charge in [-0.25, -0.2) is 14.5 Å². The normalized spacial score (nSPS) is 11.9. The number of carbonyl (C=O) groups excluding carboxylic acids is 1. The topological polar surface area (TPSA) is 71.8 Å². The second-order valence-corrected chi connectivity index (χ2v) is 5.60. The van der Waals surface area contributed by atoms with Gasteiger partial charge in [0, 0.05) is 24.0 Å². The minimum absolute atomic E-state index is 0.129. The maximum absolute atomic E-state index is 11.9. The summed E-state index contributed by atoms with van der Waals surface area (Å²) in [6.07, 6.45) is 5.26. The summed E-state index contributed by atoms with van der Waals surface area (Å²) in [5, 5.41) is 12.2. The molecular weight excluding hydrogens is 298 g/mol. The van der Waals surface area contributed by atoms with Gasteiger partial charge in [0.05, 0.1) is 11.7 Å². The van der Waals surface area contributed by atoms with Gasteiger partial charge in [0.25, 0.3) is 0 Å². The Morgan fingerprint density at radius 2 is 2.23 bits per heavy atom. The van der Waals surface area contributed by atoms with Gasteiger partial charge in [-0.1, -0.05) is 12.1 Å². The largest absolute Gasteiger partial charge is 0.331 e. The van der Waals surface area contributed by atoms with Gasteiger partial charge >= 0.3 is 6.03 Å². The van der Waals surface area contributed by atoms with Crippen LogP contribution in [-0.2, 0) is 0 Å². The van der Waals surface area contributed by atoms with E-state index in [9.17, 15) is 4.79 Å². The molecule has 0 aliphatic heterocycles. The lowest BCUT2D eigenvalue weighted by atomic mass is 10.1. The van der Waals surface area contributed by atoms with Crippen molar-refractivity contribution in [2.24, 2.45) is 0 Å². The van der Waals surface area contributed by atoms with E-state index in [4.69, 9.17) is 0 Å². The van der Waals surface area contributed by atoms with Gasteiger partial charge in [0.2, 0.25) is 0 Å². The predicted octanol–water partition coefficient (Wildman–Crippen LogP) is 3.21. The number of nitrogens with zero attached hydrogens (tertiary/aromatic N) is 3. The number of aromatic nitrogens is 3. The summed E-state index contributed by atoms with van der Waals surface area (Å²) in [4.78, 5) is 16.0. The lowest BCUT2D eigenvalue weighted by Gasteiger charge is -2.15. The molecule has 112 valence electrons. The van der Waals surface area contributed by atoms with Gasteiger partial charge in [0.15, 0.2) is 5.13 Å². The van der Waals surface area contributed by atoms with Crippen molar-refractivity contribution >= 4 is 22.5 Å². The Kier molecular flexibility index (Phi) is 4.15. The highest BCUT2D eigenvalue weighted by atomic mass is 32.1. The van der Waals surface area contributed by atoms with E-state index < -0.39 is 0 Å². The Morgan fingerprint density at radius 3 is 2.95 bits per heavy atom. The third kappa shape index (κ3) is 3.32. The van der Waals surface area contributed by atoms with Crippen LogP contribution in [0, 0.1) is 0 Å². The second-order valence-electron chi connectivity index (χ2n) is 4.70. The van der Waals surface area contributed by atoms with Crippen LogP contribution in [-0.4, -0.2) is 20.8 Å². The van der Waals surface area contributed by atoms with Crippen LogP contribution >= 0.6 is 11.3 Å². The first-order chi connectivity index (χ1) is 10.7. The molecule has 0 aliphatic rings. The second kappa shape index (κ2) is 6.40. The molecule has 0 fully saturated rings. The van der Waals surface area contributed by atoms with Crippen LogP contribution in [0.4, 0.5) is 9.93 Å². The fraction of sp³-hybridized carbons (Fsp3) is 0.133. The predicted molar refractivity (Wildman–Crippen MR) is 86.2 cm³/mol. The van der Waals surface area contributed by atoms with Crippen LogP contribution in [0.15, 0.2) is 54.3 Å². The van der Waals surface area contributed by atoms with E-state index in [-0.39, 0.29) is 12.1 Å². The van der Waals surface area contributed by atoms with Gasteiger partial charge < -0.3 is 5.32 Å². The highest BCUT2D eigenvalue weighted by molar-refractivity contribution is 7.13. The van der Waals surface area contributed by atoms with Gasteiger partial charge in [-0.15, -0.1) is 11.3 Å². The van der Waals surface area contributed by atoms with E-state index in [0.29, 0.717) is 5.13 Å². The van der Waals surface area contributed by atoms with Gasteiger partial charge in [-0.05, 0) is 30.7 Å². The first kappa shape index (κ1) is 14.3. The zero-order chi connectivity index (χ0) is 15.4. The molecular formula is C15H15N5OS. The van der Waals surface area contributed by atoms with Crippen molar-refractivity contribution in [2.45, 2.75) is 13.0 Å². The van der Waals surface area contributed by atoms with Crippen LogP contribution in [0.2, 0.25) is 0 Å². The molecule has 0 spiro atoms. The van der Waals surface area contributed by atoms with E-state index in [1.165, 1.54) is 11.3 Å². The quantitative estimate of drug-likeness (QED) is 0.777. The first-order valence-corrected chi connectivity index (χ1v) is 7.67. The molecule has 7 heteroatoms. The third-order valence-corrected chi connectivity index (χ3v) is 3.83. The molecule has 1 atom stereocenters. The van der Waals surface area contributed by atoms with E-state index in [2.05, 4.69) is 20.7 Å². The van der Waals surface area contributed by atoms with Crippen LogP contribution < -0.4 is 10.6 Å². The van der Waals surface area contributed by atoms with Crippen molar-refractivity contribution in [3.8, 4) is 5.69 Å². The summed E-state index contributed by atoms with van der Waals surface area (Å²) in [5.41, 5.74) is 1.96. The lowest BCUT2D eigenvalue weighted by molar-refractivity contribution is 0.249. The Hall–Kier alpha value is -2.67. The fourth-order valence-electron chi connectivity index (χ4n) is 2.06. The van der Waals surface area contributed by atoms with Gasteiger partial charge in [0.1, 0.15) is 0 Å². The highest BCUT2D eigenvalue weighted by Crippen LogP contribution is 2.17. The van der Waals surface area contributed by atoms with Crippen LogP contribution in [0.3, 0.4) is 0 Å². The van der Waals surface area contributed by atoms with Gasteiger partial charge in [-0.3, -0.25) is 5.32 Å². The Bertz CT molecular complexity index is 739. The number of carbonyl (C=O) groups is 1. The molecule has 0 bridgehead atoms. The summed E-state index contributed by atoms with van der Waals surface area (Å²) in [5.74, 6) is 0. The molecule has 2 aromatic heterocycles. The molecule has 2 heterocycles. The minimum Gasteiger partial charge on any atom is -0.331 e. The maximum Gasteiger partial charge on any atom is 0.321 e. The fourth-order valence-corrected chi connectivity index (χ4v) is 2.58. The van der Waals surface area contributed by atoms with Crippen LogP contribution in [0.1, 0.15) is 18.5 Å². The maximum atomic E-state index is 11.9. The molecule has 2 N–H and O–H groups in total. The van der Waals surface area contributed by atoms with Crippen molar-refractivity contribution in [1.82, 2.24) is 20.1 Å². The lowest BCUT2D eigenvalue weighted by Crippen LogP contribution is -2.31. The summed E-state index contributed by atoms with van der Waals surface area (Å²) in [6.45, 7) is 1.93. The van der Waals surface area contributed by atoms with Crippen LogP contribution in [0.25, 0.3) is 5.69 Å². The van der Waals surface area contributed by atoms with E-state index >= 15 is 0 Å². The minimum atomic E-state index is -0.271. The molecule has 0 radical (unpaired) electrons. The van der Waals surface area contributed by atoms with E-state index in [1.54, 1.807) is 17.1 Å². The van der Waals surface area contributed by atoms with Gasteiger partial charge in [-0.2, -0.15) is 5.10 Å². The zero-order valence-electron chi connectivity index (χ0n) is 11.9. The summed E-state index contributed by atoms with van der Waals surface area (Å²) in [6, 6.07) is 9.36. The Labute approximate surface area is 131 Å². The Morgan fingerprint density at radius 1 is 1.32 bits per heavy atom. The number of nitrogens with one attached hydrogen (secondary N) is 2. The summed E-state index contributed by atoms with van der Waals surface area (Å²) in [7, 11) is 0. The molecule has 0 unspecified atom stereocenters. The molecule has 22 heavy (non-hydrogen) atoms. The number of urea groups is 1. The molecule has 6 nitrogen and oxygen atoms in total. The highest BCUT2D eigenvalue weighted by Gasteiger charge is 2.11. The molecule has 3 rings (SSSR count). The van der Waals surface area contributed by atoms with Crippen molar-refractivity contribution in [1.29, 1.82) is 0 Å². The molecule has 0 saturated carbocycles.